The van der Waals surface area contributed by atoms with Crippen LogP contribution in [-0.4, -0.2) is 48.6 Å². The molecule has 3 aromatic heterocycles. The van der Waals surface area contributed by atoms with E-state index in [1.54, 1.807) is 48.4 Å². The van der Waals surface area contributed by atoms with E-state index in [0.29, 0.717) is 46.4 Å². The molecule has 0 radical (unpaired) electrons. The predicted molar refractivity (Wildman–Crippen MR) is 113 cm³/mol. The van der Waals surface area contributed by atoms with Gasteiger partial charge in [-0.15, -0.1) is 0 Å². The largest absolute Gasteiger partial charge is 0.338 e. The second kappa shape index (κ2) is 7.66. The zero-order valence-corrected chi connectivity index (χ0v) is 17.5. The van der Waals surface area contributed by atoms with Gasteiger partial charge < -0.3 is 14.4 Å². The molecule has 10 heteroatoms. The van der Waals surface area contributed by atoms with Crippen molar-refractivity contribution in [3.05, 3.63) is 69.0 Å². The maximum Gasteiger partial charge on any atom is 0.278 e. The van der Waals surface area contributed by atoms with Gasteiger partial charge in [0.05, 0.1) is 0 Å². The molecule has 158 valence electrons. The Balaban J connectivity index is 1.37. The van der Waals surface area contributed by atoms with Gasteiger partial charge in [-0.3, -0.25) is 9.59 Å². The Morgan fingerprint density at radius 3 is 3.03 bits per heavy atom. The number of nitrogens with one attached hydrogen (secondary N) is 1. The van der Waals surface area contributed by atoms with E-state index < -0.39 is 0 Å². The van der Waals surface area contributed by atoms with E-state index in [0.717, 1.165) is 12.8 Å². The summed E-state index contributed by atoms with van der Waals surface area (Å²) in [4.78, 5) is 34.0. The number of rotatable bonds is 3. The number of aryl methyl sites for hydroxylation is 1. The zero-order chi connectivity index (χ0) is 21.5. The van der Waals surface area contributed by atoms with Crippen LogP contribution in [0.15, 0.2) is 45.8 Å². The van der Waals surface area contributed by atoms with Crippen molar-refractivity contribution in [3.8, 4) is 11.6 Å². The molecule has 4 heterocycles. The number of nitrogens with zero attached hydrogens (tertiary/aromatic N) is 5. The Labute approximate surface area is 181 Å². The van der Waals surface area contributed by atoms with Gasteiger partial charge in [-0.05, 0) is 38.0 Å². The molecule has 0 bridgehead atoms. The smallest absolute Gasteiger partial charge is 0.278 e. The number of H-pyrrole nitrogens is 1. The highest BCUT2D eigenvalue weighted by Gasteiger charge is 2.29. The second-order valence-electron chi connectivity index (χ2n) is 7.68. The fourth-order valence-electron chi connectivity index (χ4n) is 3.91. The third-order valence-corrected chi connectivity index (χ3v) is 5.64. The minimum absolute atomic E-state index is 0.0444. The van der Waals surface area contributed by atoms with Crippen LogP contribution in [0.2, 0.25) is 5.02 Å². The number of likely N-dealkylation sites (tertiary alicyclic amines) is 1. The average Bonchev–Trinajstić information content (AvgIpc) is 3.41. The van der Waals surface area contributed by atoms with E-state index >= 15 is 0 Å². The van der Waals surface area contributed by atoms with Crippen LogP contribution in [0.4, 0.5) is 0 Å². The van der Waals surface area contributed by atoms with Crippen molar-refractivity contribution in [3.63, 3.8) is 0 Å². The molecule has 1 atom stereocenters. The van der Waals surface area contributed by atoms with Gasteiger partial charge in [0.1, 0.15) is 5.52 Å². The van der Waals surface area contributed by atoms with Crippen LogP contribution in [0.5, 0.6) is 0 Å². The lowest BCUT2D eigenvalue weighted by atomic mass is 9.96. The molecule has 0 saturated carbocycles. The van der Waals surface area contributed by atoms with E-state index in [2.05, 4.69) is 20.2 Å². The van der Waals surface area contributed by atoms with Gasteiger partial charge in [0.2, 0.25) is 0 Å². The number of hydrogen-bond acceptors (Lipinski definition) is 6. The monoisotopic (exact) mass is 438 g/mol. The molecule has 0 aliphatic carbocycles. The molecular formula is C21H19ClN6O3. The maximum atomic E-state index is 12.9. The summed E-state index contributed by atoms with van der Waals surface area (Å²) in [5.74, 6) is 0.665. The van der Waals surface area contributed by atoms with Crippen LogP contribution in [0.25, 0.3) is 17.1 Å². The Morgan fingerprint density at radius 2 is 2.19 bits per heavy atom. The van der Waals surface area contributed by atoms with E-state index in [-0.39, 0.29) is 23.3 Å². The quantitative estimate of drug-likeness (QED) is 0.526. The van der Waals surface area contributed by atoms with Crippen LogP contribution in [-0.2, 0) is 0 Å². The summed E-state index contributed by atoms with van der Waals surface area (Å²) in [6.07, 6.45) is 3.41. The van der Waals surface area contributed by atoms with Crippen LogP contribution in [0.1, 0.15) is 40.6 Å². The van der Waals surface area contributed by atoms with E-state index in [1.165, 1.54) is 4.52 Å². The standard InChI is InChI=1S/C21H19ClN6O3/c1-12-10-28-17(19(29)23-12)9-16(25-28)20-24-18(26-31-20)14-5-3-7-27(11-14)21(30)13-4-2-6-15(22)8-13/h2,4,6,8-10,14H,3,5,7,11H2,1H3,(H,23,29)/t14-/m0/s1. The second-order valence-corrected chi connectivity index (χ2v) is 8.12. The third kappa shape index (κ3) is 3.72. The average molecular weight is 439 g/mol. The summed E-state index contributed by atoms with van der Waals surface area (Å²) in [7, 11) is 0. The van der Waals surface area contributed by atoms with Crippen LogP contribution in [0.3, 0.4) is 0 Å². The lowest BCUT2D eigenvalue weighted by Gasteiger charge is -2.31. The van der Waals surface area contributed by atoms with Crippen LogP contribution >= 0.6 is 11.6 Å². The summed E-state index contributed by atoms with van der Waals surface area (Å²) < 4.78 is 6.93. The molecule has 0 spiro atoms. The Hall–Kier alpha value is -3.46. The number of carbonyl (C=O) groups excluding carboxylic acids is 1. The minimum atomic E-state index is -0.235. The number of benzene rings is 1. The Kier molecular flexibility index (Phi) is 4.82. The van der Waals surface area contributed by atoms with Crippen LogP contribution in [0, 0.1) is 6.92 Å². The molecule has 1 N–H and O–H groups in total. The summed E-state index contributed by atoms with van der Waals surface area (Å²) in [5.41, 5.74) is 1.85. The number of aromatic nitrogens is 5. The molecule has 4 aromatic rings. The molecule has 1 aliphatic heterocycles. The van der Waals surface area contributed by atoms with E-state index in [4.69, 9.17) is 16.1 Å². The Bertz CT molecular complexity index is 1340. The topological polar surface area (TPSA) is 109 Å². The summed E-state index contributed by atoms with van der Waals surface area (Å²) >= 11 is 6.03. The number of amides is 1. The van der Waals surface area contributed by atoms with Crippen LogP contribution < -0.4 is 5.56 Å². The summed E-state index contributed by atoms with van der Waals surface area (Å²) in [5, 5.41) is 9.04. The highest BCUT2D eigenvalue weighted by atomic mass is 35.5. The molecule has 1 amide bonds. The first-order valence-corrected chi connectivity index (χ1v) is 10.3. The van der Waals surface area contributed by atoms with Crippen molar-refractivity contribution in [2.45, 2.75) is 25.7 Å². The third-order valence-electron chi connectivity index (χ3n) is 5.40. The lowest BCUT2D eigenvalue weighted by Crippen LogP contribution is -2.39. The van der Waals surface area contributed by atoms with Gasteiger partial charge in [-0.2, -0.15) is 10.1 Å². The van der Waals surface area contributed by atoms with Crippen molar-refractivity contribution >= 4 is 23.0 Å². The van der Waals surface area contributed by atoms with Crippen molar-refractivity contribution in [1.82, 2.24) is 29.6 Å². The number of fused-ring (bicyclic) bond motifs is 1. The molecule has 1 fully saturated rings. The zero-order valence-electron chi connectivity index (χ0n) is 16.7. The van der Waals surface area contributed by atoms with Crippen molar-refractivity contribution in [2.75, 3.05) is 13.1 Å². The van der Waals surface area contributed by atoms with Crippen molar-refractivity contribution < 1.29 is 9.32 Å². The Morgan fingerprint density at radius 1 is 1.32 bits per heavy atom. The van der Waals surface area contributed by atoms with Gasteiger partial charge in [0.15, 0.2) is 11.5 Å². The van der Waals surface area contributed by atoms with Gasteiger partial charge in [0, 0.05) is 47.6 Å². The van der Waals surface area contributed by atoms with Gasteiger partial charge >= 0.3 is 0 Å². The van der Waals surface area contributed by atoms with E-state index in [9.17, 15) is 9.59 Å². The normalized spacial score (nSPS) is 16.7. The number of hydrogen-bond donors (Lipinski definition) is 1. The van der Waals surface area contributed by atoms with Crippen molar-refractivity contribution in [2.24, 2.45) is 0 Å². The van der Waals surface area contributed by atoms with Gasteiger partial charge in [-0.1, -0.05) is 22.8 Å². The molecule has 1 aliphatic rings. The summed E-state index contributed by atoms with van der Waals surface area (Å²) in [6, 6.07) is 8.56. The highest BCUT2D eigenvalue weighted by molar-refractivity contribution is 6.30. The molecule has 1 saturated heterocycles. The SMILES string of the molecule is Cc1cn2nc(-c3nc([C@H]4CCCN(C(=O)c5cccc(Cl)c5)C4)no3)cc2c(=O)[nH]1. The number of halogens is 1. The highest BCUT2D eigenvalue weighted by Crippen LogP contribution is 2.28. The van der Waals surface area contributed by atoms with Gasteiger partial charge in [-0.25, -0.2) is 4.52 Å². The fraction of sp³-hybridized carbons (Fsp3) is 0.286. The van der Waals surface area contributed by atoms with Gasteiger partial charge in [0.25, 0.3) is 17.4 Å². The van der Waals surface area contributed by atoms with Crippen molar-refractivity contribution in [1.29, 1.82) is 0 Å². The number of carbonyl (C=O) groups is 1. The fourth-order valence-corrected chi connectivity index (χ4v) is 4.10. The predicted octanol–water partition coefficient (Wildman–Crippen LogP) is 3.05. The number of piperidine rings is 1. The minimum Gasteiger partial charge on any atom is -0.338 e. The molecule has 1 aromatic carbocycles. The lowest BCUT2D eigenvalue weighted by molar-refractivity contribution is 0.0703. The van der Waals surface area contributed by atoms with E-state index in [1.807, 2.05) is 0 Å². The maximum absolute atomic E-state index is 12.9. The molecule has 5 rings (SSSR count). The first-order valence-electron chi connectivity index (χ1n) is 9.96. The first-order chi connectivity index (χ1) is 15.0. The summed E-state index contributed by atoms with van der Waals surface area (Å²) in [6.45, 7) is 2.95. The first kappa shape index (κ1) is 19.5. The molecule has 9 nitrogen and oxygen atoms in total. The molecule has 0 unspecified atom stereocenters. The molecule has 31 heavy (non-hydrogen) atoms. The number of aromatic amines is 1. The molecular weight excluding hydrogens is 420 g/mol.